The van der Waals surface area contributed by atoms with Crippen molar-refractivity contribution < 1.29 is 5.11 Å². The molecule has 1 unspecified atom stereocenters. The summed E-state index contributed by atoms with van der Waals surface area (Å²) in [6, 6.07) is 19.7. The van der Waals surface area contributed by atoms with E-state index in [1.54, 1.807) is 0 Å². The number of aromatic amines is 1. The number of benzene rings is 2. The van der Waals surface area contributed by atoms with Crippen molar-refractivity contribution in [1.82, 2.24) is 9.88 Å². The Labute approximate surface area is 172 Å². The van der Waals surface area contributed by atoms with Crippen LogP contribution in [0.1, 0.15) is 42.1 Å². The Kier molecular flexibility index (Phi) is 4.14. The van der Waals surface area contributed by atoms with Gasteiger partial charge in [-0.15, -0.1) is 0 Å². The molecule has 2 aromatic carbocycles. The molecule has 2 fully saturated rings. The number of hydrogen-bond acceptors (Lipinski definition) is 2. The van der Waals surface area contributed by atoms with Crippen LogP contribution in [0.3, 0.4) is 0 Å². The Morgan fingerprint density at radius 2 is 1.79 bits per heavy atom. The number of fused-ring (bicyclic) bond motifs is 6. The van der Waals surface area contributed by atoms with E-state index in [1.165, 1.54) is 39.7 Å². The van der Waals surface area contributed by atoms with Crippen LogP contribution in [0.25, 0.3) is 17.0 Å². The number of piperidine rings is 1. The Bertz CT molecular complexity index is 1070. The van der Waals surface area contributed by atoms with Gasteiger partial charge >= 0.3 is 0 Å². The van der Waals surface area contributed by atoms with E-state index in [9.17, 15) is 5.11 Å². The second kappa shape index (κ2) is 6.86. The SMILES string of the molecule is OC1C[C@H]2C[C@H]3c4[nH]c5ccccc5c4CCN3C[C@@H]2C/C1=C\c1ccccc1. The van der Waals surface area contributed by atoms with Crippen LogP contribution in [0.15, 0.2) is 60.2 Å². The predicted molar refractivity (Wildman–Crippen MR) is 118 cm³/mol. The van der Waals surface area contributed by atoms with Crippen molar-refractivity contribution in [2.24, 2.45) is 11.8 Å². The molecule has 1 saturated heterocycles. The first-order chi connectivity index (χ1) is 14.3. The highest BCUT2D eigenvalue weighted by Crippen LogP contribution is 2.48. The standard InChI is InChI=1S/C26H28N2O/c29-25-15-18-14-24-26-22(21-8-4-5-9-23(21)27-26)10-11-28(24)16-20(18)13-19(25)12-17-6-2-1-3-7-17/h1-9,12,18,20,24-25,27,29H,10-11,13-16H2/b19-12+/t18-,20+,24+,25?/m1/s1. The van der Waals surface area contributed by atoms with Crippen molar-refractivity contribution >= 4 is 17.0 Å². The van der Waals surface area contributed by atoms with Crippen LogP contribution in [-0.2, 0) is 6.42 Å². The zero-order valence-corrected chi connectivity index (χ0v) is 16.7. The van der Waals surface area contributed by atoms with Crippen LogP contribution >= 0.6 is 0 Å². The van der Waals surface area contributed by atoms with Gasteiger partial charge in [-0.2, -0.15) is 0 Å². The summed E-state index contributed by atoms with van der Waals surface area (Å²) >= 11 is 0. The van der Waals surface area contributed by atoms with Gasteiger partial charge in [-0.1, -0.05) is 54.6 Å². The second-order valence-electron chi connectivity index (χ2n) is 9.16. The zero-order valence-electron chi connectivity index (χ0n) is 16.7. The third kappa shape index (κ3) is 2.95. The fraction of sp³-hybridized carbons (Fsp3) is 0.385. The lowest BCUT2D eigenvalue weighted by molar-refractivity contribution is 0.0122. The first-order valence-electron chi connectivity index (χ1n) is 11.0. The molecule has 1 aromatic heterocycles. The van der Waals surface area contributed by atoms with Crippen molar-refractivity contribution in [3.05, 3.63) is 77.0 Å². The van der Waals surface area contributed by atoms with Crippen molar-refractivity contribution in [2.45, 2.75) is 37.8 Å². The monoisotopic (exact) mass is 384 g/mol. The summed E-state index contributed by atoms with van der Waals surface area (Å²) in [4.78, 5) is 6.45. The number of rotatable bonds is 1. The average molecular weight is 385 g/mol. The minimum absolute atomic E-state index is 0.297. The topological polar surface area (TPSA) is 39.3 Å². The maximum Gasteiger partial charge on any atom is 0.0756 e. The smallest absolute Gasteiger partial charge is 0.0756 e. The number of aliphatic hydroxyl groups is 1. The highest BCUT2D eigenvalue weighted by Gasteiger charge is 2.43. The summed E-state index contributed by atoms with van der Waals surface area (Å²) in [6.07, 6.45) is 6.17. The van der Waals surface area contributed by atoms with Gasteiger partial charge in [-0.25, -0.2) is 0 Å². The van der Waals surface area contributed by atoms with Crippen molar-refractivity contribution in [3.8, 4) is 0 Å². The fourth-order valence-corrected chi connectivity index (χ4v) is 6.10. The first-order valence-corrected chi connectivity index (χ1v) is 11.0. The maximum atomic E-state index is 10.9. The number of para-hydroxylation sites is 1. The van der Waals surface area contributed by atoms with Gasteiger partial charge < -0.3 is 10.1 Å². The van der Waals surface area contributed by atoms with Crippen LogP contribution < -0.4 is 0 Å². The van der Waals surface area contributed by atoms with Gasteiger partial charge in [0.15, 0.2) is 0 Å². The number of nitrogens with zero attached hydrogens (tertiary/aromatic N) is 1. The van der Waals surface area contributed by atoms with E-state index >= 15 is 0 Å². The molecular weight excluding hydrogens is 356 g/mol. The summed E-state index contributed by atoms with van der Waals surface area (Å²) in [5, 5.41) is 12.3. The normalized spacial score (nSPS) is 30.7. The molecule has 3 heteroatoms. The van der Waals surface area contributed by atoms with Crippen LogP contribution in [0.4, 0.5) is 0 Å². The quantitative estimate of drug-likeness (QED) is 0.624. The highest BCUT2D eigenvalue weighted by atomic mass is 16.3. The molecule has 6 rings (SSSR count). The Morgan fingerprint density at radius 3 is 2.69 bits per heavy atom. The maximum absolute atomic E-state index is 10.9. The Balaban J connectivity index is 1.28. The lowest BCUT2D eigenvalue weighted by Gasteiger charge is -2.49. The van der Waals surface area contributed by atoms with Gasteiger partial charge in [0.05, 0.1) is 12.1 Å². The molecule has 0 bridgehead atoms. The van der Waals surface area contributed by atoms with E-state index in [1.807, 2.05) is 6.07 Å². The molecule has 0 radical (unpaired) electrons. The molecule has 1 aliphatic carbocycles. The van der Waals surface area contributed by atoms with Crippen LogP contribution in [0.2, 0.25) is 0 Å². The summed E-state index contributed by atoms with van der Waals surface area (Å²) in [7, 11) is 0. The number of aliphatic hydroxyl groups excluding tert-OH is 1. The molecule has 148 valence electrons. The zero-order chi connectivity index (χ0) is 19.4. The summed E-state index contributed by atoms with van der Waals surface area (Å²) in [5.74, 6) is 1.27. The van der Waals surface area contributed by atoms with Gasteiger partial charge in [-0.05, 0) is 60.3 Å². The predicted octanol–water partition coefficient (Wildman–Crippen LogP) is 4.94. The third-order valence-corrected chi connectivity index (χ3v) is 7.53. The minimum Gasteiger partial charge on any atom is -0.389 e. The molecule has 3 nitrogen and oxygen atoms in total. The Hall–Kier alpha value is -2.36. The molecule has 0 spiro atoms. The molecule has 3 aliphatic rings. The molecule has 3 aromatic rings. The molecule has 4 atom stereocenters. The highest BCUT2D eigenvalue weighted by molar-refractivity contribution is 5.85. The van der Waals surface area contributed by atoms with Crippen LogP contribution in [0, 0.1) is 11.8 Å². The van der Waals surface area contributed by atoms with E-state index in [4.69, 9.17) is 0 Å². The molecule has 29 heavy (non-hydrogen) atoms. The summed E-state index contributed by atoms with van der Waals surface area (Å²) < 4.78 is 0. The molecule has 1 saturated carbocycles. The summed E-state index contributed by atoms with van der Waals surface area (Å²) in [5.41, 5.74) is 6.67. The summed E-state index contributed by atoms with van der Waals surface area (Å²) in [6.45, 7) is 2.31. The van der Waals surface area contributed by atoms with Gasteiger partial charge in [0.2, 0.25) is 0 Å². The van der Waals surface area contributed by atoms with Crippen molar-refractivity contribution in [3.63, 3.8) is 0 Å². The van der Waals surface area contributed by atoms with Gasteiger partial charge in [0, 0.05) is 29.7 Å². The number of H-pyrrole nitrogens is 1. The third-order valence-electron chi connectivity index (χ3n) is 7.53. The van der Waals surface area contributed by atoms with Crippen LogP contribution in [0.5, 0.6) is 0 Å². The largest absolute Gasteiger partial charge is 0.389 e. The first kappa shape index (κ1) is 17.5. The van der Waals surface area contributed by atoms with Crippen molar-refractivity contribution in [2.75, 3.05) is 13.1 Å². The molecule has 0 amide bonds. The lowest BCUT2D eigenvalue weighted by atomic mass is 9.68. The van der Waals surface area contributed by atoms with Gasteiger partial charge in [0.25, 0.3) is 0 Å². The van der Waals surface area contributed by atoms with E-state index in [0.717, 1.165) is 32.4 Å². The fourth-order valence-electron chi connectivity index (χ4n) is 6.10. The number of aromatic nitrogens is 1. The molecule has 2 N–H and O–H groups in total. The minimum atomic E-state index is -0.297. The van der Waals surface area contributed by atoms with Gasteiger partial charge in [-0.3, -0.25) is 4.90 Å². The molecule has 2 aliphatic heterocycles. The van der Waals surface area contributed by atoms with E-state index in [2.05, 4.69) is 64.5 Å². The van der Waals surface area contributed by atoms with Gasteiger partial charge in [0.1, 0.15) is 0 Å². The van der Waals surface area contributed by atoms with Crippen LogP contribution in [-0.4, -0.2) is 34.2 Å². The van der Waals surface area contributed by atoms with Crippen molar-refractivity contribution in [1.29, 1.82) is 0 Å². The number of nitrogens with one attached hydrogen (secondary N) is 1. The van der Waals surface area contributed by atoms with E-state index in [0.29, 0.717) is 17.9 Å². The number of hydrogen-bond donors (Lipinski definition) is 2. The average Bonchev–Trinajstić information content (AvgIpc) is 3.13. The second-order valence-corrected chi connectivity index (χ2v) is 9.16. The lowest BCUT2D eigenvalue weighted by Crippen LogP contribution is -2.48. The van der Waals surface area contributed by atoms with E-state index < -0.39 is 0 Å². The Morgan fingerprint density at radius 1 is 0.966 bits per heavy atom. The molecule has 3 heterocycles. The molecular formula is C26H28N2O. The van der Waals surface area contributed by atoms with E-state index in [-0.39, 0.29) is 6.10 Å².